The van der Waals surface area contributed by atoms with Crippen molar-refractivity contribution in [2.45, 2.75) is 6.61 Å². The van der Waals surface area contributed by atoms with Crippen LogP contribution in [0.5, 0.6) is 5.75 Å². The summed E-state index contributed by atoms with van der Waals surface area (Å²) in [6, 6.07) is 8.76. The Morgan fingerprint density at radius 1 is 0.947 bits per heavy atom. The van der Waals surface area contributed by atoms with Gasteiger partial charge in [-0.2, -0.15) is 5.26 Å². The van der Waals surface area contributed by atoms with Gasteiger partial charge < -0.3 is 4.74 Å². The van der Waals surface area contributed by atoms with E-state index in [2.05, 4.69) is 0 Å². The summed E-state index contributed by atoms with van der Waals surface area (Å²) in [4.78, 5) is 0. The first-order chi connectivity index (χ1) is 9.10. The Labute approximate surface area is 107 Å². The van der Waals surface area contributed by atoms with Gasteiger partial charge in [0.15, 0.2) is 11.6 Å². The molecule has 0 amide bonds. The molecule has 0 atom stereocenters. The third-order valence-electron chi connectivity index (χ3n) is 2.46. The van der Waals surface area contributed by atoms with Gasteiger partial charge in [-0.15, -0.1) is 0 Å². The highest BCUT2D eigenvalue weighted by molar-refractivity contribution is 5.34. The van der Waals surface area contributed by atoms with E-state index in [1.807, 2.05) is 6.07 Å². The number of halogens is 3. The van der Waals surface area contributed by atoms with Crippen LogP contribution in [-0.2, 0) is 6.61 Å². The molecule has 2 rings (SSSR count). The highest BCUT2D eigenvalue weighted by Gasteiger charge is 2.07. The molecule has 0 fully saturated rings. The molecule has 2 aromatic rings. The van der Waals surface area contributed by atoms with E-state index < -0.39 is 17.5 Å². The van der Waals surface area contributed by atoms with Gasteiger partial charge in [0, 0.05) is 11.6 Å². The predicted molar refractivity (Wildman–Crippen MR) is 61.8 cm³/mol. The molecular formula is C14H8F3NO. The molecule has 0 N–H and O–H groups in total. The molecule has 0 aliphatic carbocycles. The minimum Gasteiger partial charge on any atom is -0.489 e. The van der Waals surface area contributed by atoms with Gasteiger partial charge >= 0.3 is 0 Å². The lowest BCUT2D eigenvalue weighted by atomic mass is 10.1. The van der Waals surface area contributed by atoms with Crippen molar-refractivity contribution < 1.29 is 17.9 Å². The van der Waals surface area contributed by atoms with Crippen molar-refractivity contribution in [2.24, 2.45) is 0 Å². The number of nitrogens with zero attached hydrogens (tertiary/aromatic N) is 1. The van der Waals surface area contributed by atoms with Crippen molar-refractivity contribution in [1.82, 2.24) is 0 Å². The van der Waals surface area contributed by atoms with Gasteiger partial charge in [-0.3, -0.25) is 0 Å². The Morgan fingerprint density at radius 2 is 1.68 bits per heavy atom. The zero-order valence-corrected chi connectivity index (χ0v) is 9.66. The summed E-state index contributed by atoms with van der Waals surface area (Å²) >= 11 is 0. The minimum absolute atomic E-state index is 0.0839. The molecule has 0 aliphatic heterocycles. The second kappa shape index (κ2) is 5.44. The molecule has 2 aromatic carbocycles. The normalized spacial score (nSPS) is 10.0. The quantitative estimate of drug-likeness (QED) is 0.848. The maximum atomic E-state index is 13.4. The minimum atomic E-state index is -1.04. The van der Waals surface area contributed by atoms with Gasteiger partial charge in [0.05, 0.1) is 11.6 Å². The Kier molecular flexibility index (Phi) is 3.71. The number of nitriles is 1. The van der Waals surface area contributed by atoms with Crippen LogP contribution in [0.15, 0.2) is 36.4 Å². The van der Waals surface area contributed by atoms with Gasteiger partial charge in [0.1, 0.15) is 18.2 Å². The lowest BCUT2D eigenvalue weighted by Gasteiger charge is -2.07. The van der Waals surface area contributed by atoms with Gasteiger partial charge in [0.2, 0.25) is 0 Å². The summed E-state index contributed by atoms with van der Waals surface area (Å²) in [5, 5.41) is 8.70. The maximum absolute atomic E-state index is 13.4. The molecule has 19 heavy (non-hydrogen) atoms. The molecule has 0 spiro atoms. The fraction of sp³-hybridized carbons (Fsp3) is 0.0714. The smallest absolute Gasteiger partial charge is 0.162 e. The number of hydrogen-bond donors (Lipinski definition) is 0. The second-order valence-corrected chi connectivity index (χ2v) is 3.78. The summed E-state index contributed by atoms with van der Waals surface area (Å²) < 4.78 is 44.2. The van der Waals surface area contributed by atoms with Crippen LogP contribution < -0.4 is 4.74 Å². The molecule has 0 unspecified atom stereocenters. The van der Waals surface area contributed by atoms with E-state index in [0.717, 1.165) is 18.2 Å². The summed E-state index contributed by atoms with van der Waals surface area (Å²) in [5.41, 5.74) is 0.467. The van der Waals surface area contributed by atoms with Gasteiger partial charge in [0.25, 0.3) is 0 Å². The molecule has 0 aromatic heterocycles. The van der Waals surface area contributed by atoms with E-state index in [-0.39, 0.29) is 17.9 Å². The number of ether oxygens (including phenoxy) is 1. The fourth-order valence-electron chi connectivity index (χ4n) is 1.48. The lowest BCUT2D eigenvalue weighted by Crippen LogP contribution is -2.00. The average molecular weight is 263 g/mol. The fourth-order valence-corrected chi connectivity index (χ4v) is 1.48. The van der Waals surface area contributed by atoms with Crippen LogP contribution in [0.3, 0.4) is 0 Å². The van der Waals surface area contributed by atoms with Crippen LogP contribution in [0.2, 0.25) is 0 Å². The van der Waals surface area contributed by atoms with Crippen molar-refractivity contribution in [2.75, 3.05) is 0 Å². The molecule has 0 radical (unpaired) electrons. The molecule has 0 aliphatic rings. The second-order valence-electron chi connectivity index (χ2n) is 3.78. The van der Waals surface area contributed by atoms with E-state index in [1.165, 1.54) is 18.2 Å². The van der Waals surface area contributed by atoms with Crippen LogP contribution in [0.4, 0.5) is 13.2 Å². The number of hydrogen-bond acceptors (Lipinski definition) is 2. The molecule has 0 saturated carbocycles. The summed E-state index contributed by atoms with van der Waals surface area (Å²) in [5.74, 6) is -2.46. The van der Waals surface area contributed by atoms with Crippen molar-refractivity contribution in [3.63, 3.8) is 0 Å². The molecule has 0 saturated heterocycles. The van der Waals surface area contributed by atoms with E-state index in [0.29, 0.717) is 5.56 Å². The van der Waals surface area contributed by atoms with Crippen molar-refractivity contribution in [1.29, 1.82) is 5.26 Å². The van der Waals surface area contributed by atoms with Crippen molar-refractivity contribution in [3.05, 3.63) is 65.0 Å². The Morgan fingerprint density at radius 3 is 2.37 bits per heavy atom. The molecule has 0 bridgehead atoms. The average Bonchev–Trinajstić information content (AvgIpc) is 2.41. The summed E-state index contributed by atoms with van der Waals surface area (Å²) in [7, 11) is 0. The first-order valence-electron chi connectivity index (χ1n) is 5.36. The lowest BCUT2D eigenvalue weighted by molar-refractivity contribution is 0.297. The Balaban J connectivity index is 2.14. The third kappa shape index (κ3) is 3.05. The first-order valence-corrected chi connectivity index (χ1v) is 5.36. The maximum Gasteiger partial charge on any atom is 0.162 e. The summed E-state index contributed by atoms with van der Waals surface area (Å²) in [6.07, 6.45) is 0. The SMILES string of the molecule is N#Cc1ccc(F)c(COc2ccc(F)c(F)c2)c1. The van der Waals surface area contributed by atoms with Gasteiger partial charge in [-0.25, -0.2) is 13.2 Å². The Hall–Kier alpha value is -2.48. The summed E-state index contributed by atoms with van der Waals surface area (Å²) in [6.45, 7) is -0.174. The largest absolute Gasteiger partial charge is 0.489 e. The van der Waals surface area contributed by atoms with Crippen LogP contribution in [-0.4, -0.2) is 0 Å². The first kappa shape index (κ1) is 13.0. The van der Waals surface area contributed by atoms with E-state index in [4.69, 9.17) is 10.00 Å². The van der Waals surface area contributed by atoms with Crippen LogP contribution in [0.25, 0.3) is 0 Å². The van der Waals surface area contributed by atoms with Crippen LogP contribution >= 0.6 is 0 Å². The standard InChI is InChI=1S/C14H8F3NO/c15-12-3-1-9(7-18)5-10(12)8-19-11-2-4-13(16)14(17)6-11/h1-6H,8H2. The highest BCUT2D eigenvalue weighted by atomic mass is 19.2. The predicted octanol–water partition coefficient (Wildman–Crippen LogP) is 3.55. The van der Waals surface area contributed by atoms with Crippen molar-refractivity contribution >= 4 is 0 Å². The van der Waals surface area contributed by atoms with E-state index in [9.17, 15) is 13.2 Å². The van der Waals surface area contributed by atoms with Gasteiger partial charge in [-0.1, -0.05) is 0 Å². The molecule has 96 valence electrons. The zero-order valence-electron chi connectivity index (χ0n) is 9.66. The topological polar surface area (TPSA) is 33.0 Å². The van der Waals surface area contributed by atoms with E-state index >= 15 is 0 Å². The molecule has 0 heterocycles. The third-order valence-corrected chi connectivity index (χ3v) is 2.46. The van der Waals surface area contributed by atoms with Gasteiger partial charge in [-0.05, 0) is 30.3 Å². The highest BCUT2D eigenvalue weighted by Crippen LogP contribution is 2.18. The van der Waals surface area contributed by atoms with Crippen molar-refractivity contribution in [3.8, 4) is 11.8 Å². The van der Waals surface area contributed by atoms with E-state index in [1.54, 1.807) is 0 Å². The molecule has 2 nitrogen and oxygen atoms in total. The molecule has 5 heteroatoms. The molecular weight excluding hydrogens is 255 g/mol. The number of benzene rings is 2. The Bertz CT molecular complexity index is 650. The van der Waals surface area contributed by atoms with Crippen LogP contribution in [0, 0.1) is 28.8 Å². The number of rotatable bonds is 3. The monoisotopic (exact) mass is 263 g/mol. The zero-order chi connectivity index (χ0) is 13.8. The van der Waals surface area contributed by atoms with Crippen LogP contribution in [0.1, 0.15) is 11.1 Å².